The van der Waals surface area contributed by atoms with Crippen molar-refractivity contribution in [2.45, 2.75) is 27.3 Å². The van der Waals surface area contributed by atoms with Gasteiger partial charge in [-0.1, -0.05) is 6.07 Å². The highest BCUT2D eigenvalue weighted by molar-refractivity contribution is 7.15. The second kappa shape index (κ2) is 8.31. The minimum Gasteiger partial charge on any atom is -0.350 e. The van der Waals surface area contributed by atoms with E-state index in [9.17, 15) is 19.7 Å². The van der Waals surface area contributed by atoms with Gasteiger partial charge in [-0.25, -0.2) is 9.67 Å². The number of carbonyl (C=O) groups is 1. The van der Waals surface area contributed by atoms with Gasteiger partial charge in [0.1, 0.15) is 5.69 Å². The molecule has 2 aromatic heterocycles. The third-order valence-corrected chi connectivity index (χ3v) is 5.45. The summed E-state index contributed by atoms with van der Waals surface area (Å²) >= 11 is 1.50. The third kappa shape index (κ3) is 4.37. The van der Waals surface area contributed by atoms with E-state index in [2.05, 4.69) is 15.4 Å². The topological polar surface area (TPSA) is 120 Å². The number of thiazole rings is 1. The Morgan fingerprint density at radius 1 is 1.24 bits per heavy atom. The average Bonchev–Trinajstić information content (AvgIpc) is 3.01. The predicted molar refractivity (Wildman–Crippen MR) is 109 cm³/mol. The summed E-state index contributed by atoms with van der Waals surface area (Å²) in [6.45, 7) is 5.64. The maximum absolute atomic E-state index is 12.4. The zero-order valence-corrected chi connectivity index (χ0v) is 16.9. The zero-order valence-electron chi connectivity index (χ0n) is 16.1. The molecule has 29 heavy (non-hydrogen) atoms. The molecule has 0 saturated carbocycles. The van der Waals surface area contributed by atoms with Crippen LogP contribution in [-0.4, -0.2) is 32.1 Å². The average molecular weight is 413 g/mol. The zero-order chi connectivity index (χ0) is 21.1. The number of carbonyl (C=O) groups excluding carboxylic acids is 1. The van der Waals surface area contributed by atoms with E-state index in [0.29, 0.717) is 11.3 Å². The monoisotopic (exact) mass is 413 g/mol. The fraction of sp³-hybridized carbons (Fsp3) is 0.263. The molecule has 0 saturated heterocycles. The number of rotatable bonds is 6. The van der Waals surface area contributed by atoms with E-state index >= 15 is 0 Å². The second-order valence-corrected chi connectivity index (χ2v) is 7.59. The molecule has 0 aliphatic heterocycles. The maximum atomic E-state index is 12.4. The Morgan fingerprint density at radius 2 is 2.00 bits per heavy atom. The minimum atomic E-state index is -0.524. The number of hydrogen-bond acceptors (Lipinski definition) is 7. The summed E-state index contributed by atoms with van der Waals surface area (Å²) in [4.78, 5) is 40.3. The highest BCUT2D eigenvalue weighted by atomic mass is 32.1. The van der Waals surface area contributed by atoms with Crippen LogP contribution in [0.1, 0.15) is 26.6 Å². The fourth-order valence-electron chi connectivity index (χ4n) is 2.94. The Balaban J connectivity index is 1.73. The summed E-state index contributed by atoms with van der Waals surface area (Å²) in [7, 11) is 0. The molecule has 1 N–H and O–H groups in total. The Bertz CT molecular complexity index is 1150. The highest BCUT2D eigenvalue weighted by Gasteiger charge is 2.17. The lowest BCUT2D eigenvalue weighted by atomic mass is 10.1. The molecule has 0 spiro atoms. The molecule has 0 bridgehead atoms. The Hall–Kier alpha value is -3.40. The van der Waals surface area contributed by atoms with Crippen LogP contribution < -0.4 is 10.9 Å². The number of hydrogen-bond donors (Lipinski definition) is 1. The van der Waals surface area contributed by atoms with Crippen LogP contribution in [0.4, 0.5) is 5.69 Å². The van der Waals surface area contributed by atoms with Crippen LogP contribution in [-0.2, 0) is 6.54 Å². The summed E-state index contributed by atoms with van der Waals surface area (Å²) in [6, 6.07) is 7.43. The number of nitro groups is 1. The van der Waals surface area contributed by atoms with Gasteiger partial charge < -0.3 is 5.32 Å². The standard InChI is InChI=1S/C19H19N5O4S/c1-11-14(5-4-6-16(11)24(27)28)19(26)20-9-10-23-17(25)8-7-15(22-23)18-12(2)21-13(3)29-18/h4-8H,9-10H2,1-3H3,(H,20,26). The molecule has 0 fully saturated rings. The van der Waals surface area contributed by atoms with Crippen LogP contribution in [0.15, 0.2) is 35.1 Å². The lowest BCUT2D eigenvalue weighted by Gasteiger charge is -2.09. The first kappa shape index (κ1) is 20.3. The van der Waals surface area contributed by atoms with Crippen LogP contribution in [0.5, 0.6) is 0 Å². The van der Waals surface area contributed by atoms with E-state index in [-0.39, 0.29) is 29.9 Å². The molecule has 0 aliphatic rings. The van der Waals surface area contributed by atoms with Crippen LogP contribution in [0.3, 0.4) is 0 Å². The van der Waals surface area contributed by atoms with Gasteiger partial charge in [0.25, 0.3) is 17.2 Å². The SMILES string of the molecule is Cc1nc(C)c(-c2ccc(=O)n(CCNC(=O)c3cccc([N+](=O)[O-])c3C)n2)s1. The summed E-state index contributed by atoms with van der Waals surface area (Å²) in [5.41, 5.74) is 1.62. The van der Waals surface area contributed by atoms with Crippen LogP contribution >= 0.6 is 11.3 Å². The number of nitrogens with zero attached hydrogens (tertiary/aromatic N) is 4. The number of nitro benzene ring substituents is 1. The molecule has 1 amide bonds. The number of nitrogens with one attached hydrogen (secondary N) is 1. The van der Waals surface area contributed by atoms with E-state index < -0.39 is 10.8 Å². The first-order chi connectivity index (χ1) is 13.8. The Kier molecular flexibility index (Phi) is 5.83. The lowest BCUT2D eigenvalue weighted by molar-refractivity contribution is -0.385. The molecule has 0 atom stereocenters. The smallest absolute Gasteiger partial charge is 0.273 e. The van der Waals surface area contributed by atoms with Gasteiger partial charge in [-0.3, -0.25) is 19.7 Å². The van der Waals surface area contributed by atoms with E-state index in [1.54, 1.807) is 6.07 Å². The Morgan fingerprint density at radius 3 is 2.66 bits per heavy atom. The third-order valence-electron chi connectivity index (χ3n) is 4.36. The van der Waals surface area contributed by atoms with Gasteiger partial charge in [-0.05, 0) is 32.9 Å². The van der Waals surface area contributed by atoms with Crippen LogP contribution in [0.2, 0.25) is 0 Å². The minimum absolute atomic E-state index is 0.113. The predicted octanol–water partition coefficient (Wildman–Crippen LogP) is 2.63. The highest BCUT2D eigenvalue weighted by Crippen LogP contribution is 2.27. The Labute approximate surface area is 170 Å². The van der Waals surface area contributed by atoms with Crippen molar-refractivity contribution in [3.05, 3.63) is 72.6 Å². The van der Waals surface area contributed by atoms with Crippen molar-refractivity contribution in [2.24, 2.45) is 0 Å². The molecule has 9 nitrogen and oxygen atoms in total. The van der Waals surface area contributed by atoms with E-state index in [1.807, 2.05) is 13.8 Å². The molecule has 0 unspecified atom stereocenters. The number of benzene rings is 1. The molecule has 1 aromatic carbocycles. The summed E-state index contributed by atoms with van der Waals surface area (Å²) in [5.74, 6) is -0.440. The number of aryl methyl sites for hydroxylation is 2. The first-order valence-electron chi connectivity index (χ1n) is 8.82. The molecular formula is C19H19N5O4S. The van der Waals surface area contributed by atoms with Gasteiger partial charge in [0.15, 0.2) is 0 Å². The summed E-state index contributed by atoms with van der Waals surface area (Å²) < 4.78 is 1.28. The van der Waals surface area contributed by atoms with E-state index in [0.717, 1.165) is 15.6 Å². The molecule has 3 rings (SSSR count). The second-order valence-electron chi connectivity index (χ2n) is 6.39. The molecule has 10 heteroatoms. The van der Waals surface area contributed by atoms with Gasteiger partial charge >= 0.3 is 0 Å². The summed E-state index contributed by atoms with van der Waals surface area (Å²) in [5, 5.41) is 19.0. The molecule has 150 valence electrons. The van der Waals surface area contributed by atoms with Crippen molar-refractivity contribution in [1.29, 1.82) is 0 Å². The molecular weight excluding hydrogens is 394 g/mol. The number of aromatic nitrogens is 3. The van der Waals surface area contributed by atoms with Crippen LogP contribution in [0, 0.1) is 30.9 Å². The molecule has 0 aliphatic carbocycles. The van der Waals surface area contributed by atoms with Crippen molar-refractivity contribution in [3.8, 4) is 10.6 Å². The normalized spacial score (nSPS) is 10.7. The van der Waals surface area contributed by atoms with Gasteiger partial charge in [-0.2, -0.15) is 5.10 Å². The van der Waals surface area contributed by atoms with Gasteiger partial charge in [0, 0.05) is 29.8 Å². The maximum Gasteiger partial charge on any atom is 0.273 e. The van der Waals surface area contributed by atoms with Gasteiger partial charge in [0.2, 0.25) is 0 Å². The molecule has 2 heterocycles. The van der Waals surface area contributed by atoms with Crippen molar-refractivity contribution in [2.75, 3.05) is 6.54 Å². The van der Waals surface area contributed by atoms with Crippen molar-refractivity contribution in [1.82, 2.24) is 20.1 Å². The van der Waals surface area contributed by atoms with Crippen molar-refractivity contribution in [3.63, 3.8) is 0 Å². The van der Waals surface area contributed by atoms with E-state index in [1.165, 1.54) is 47.2 Å². The molecule has 0 radical (unpaired) electrons. The largest absolute Gasteiger partial charge is 0.350 e. The fourth-order valence-corrected chi connectivity index (χ4v) is 3.82. The lowest BCUT2D eigenvalue weighted by Crippen LogP contribution is -2.32. The first-order valence-corrected chi connectivity index (χ1v) is 9.64. The number of amides is 1. The molecule has 3 aromatic rings. The van der Waals surface area contributed by atoms with Crippen molar-refractivity contribution < 1.29 is 9.72 Å². The van der Waals surface area contributed by atoms with Gasteiger partial charge in [0.05, 0.1) is 27.0 Å². The van der Waals surface area contributed by atoms with E-state index in [4.69, 9.17) is 0 Å². The van der Waals surface area contributed by atoms with Crippen molar-refractivity contribution >= 4 is 22.9 Å². The van der Waals surface area contributed by atoms with Gasteiger partial charge in [-0.15, -0.1) is 11.3 Å². The summed E-state index contributed by atoms with van der Waals surface area (Å²) in [6.07, 6.45) is 0. The quantitative estimate of drug-likeness (QED) is 0.490. The van der Waals surface area contributed by atoms with Crippen LogP contribution in [0.25, 0.3) is 10.6 Å².